The van der Waals surface area contributed by atoms with E-state index in [4.69, 9.17) is 10.5 Å². The minimum Gasteiger partial charge on any atom is -0.381 e. The summed E-state index contributed by atoms with van der Waals surface area (Å²) in [5.74, 6) is 0.797. The van der Waals surface area contributed by atoms with Crippen molar-refractivity contribution >= 4 is 30.7 Å². The molecule has 1 unspecified atom stereocenters. The van der Waals surface area contributed by atoms with Crippen LogP contribution in [0.3, 0.4) is 0 Å². The number of carbonyl (C=O) groups excluding carboxylic acids is 1. The molecule has 0 saturated carbocycles. The largest absolute Gasteiger partial charge is 0.381 e. The van der Waals surface area contributed by atoms with Gasteiger partial charge in [-0.1, -0.05) is 0 Å². The molecule has 1 fully saturated rings. The summed E-state index contributed by atoms with van der Waals surface area (Å²) in [5, 5.41) is 7.05. The Morgan fingerprint density at radius 3 is 2.80 bits per heavy atom. The Kier molecular flexibility index (Phi) is 8.85. The molecule has 1 amide bonds. The van der Waals surface area contributed by atoms with Gasteiger partial charge in [0.1, 0.15) is 0 Å². The second-order valence-electron chi connectivity index (χ2n) is 5.67. The van der Waals surface area contributed by atoms with Crippen LogP contribution in [-0.4, -0.2) is 39.9 Å². The summed E-state index contributed by atoms with van der Waals surface area (Å²) in [4.78, 5) is 16.5. The van der Waals surface area contributed by atoms with E-state index in [2.05, 4.69) is 15.4 Å². The maximum absolute atomic E-state index is 12.2. The molecule has 2 aromatic rings. The fourth-order valence-electron chi connectivity index (χ4n) is 2.70. The average molecular weight is 388 g/mol. The normalized spacial score (nSPS) is 15.6. The first kappa shape index (κ1) is 21.4. The molecule has 0 aliphatic carbocycles. The summed E-state index contributed by atoms with van der Waals surface area (Å²) in [7, 11) is 0. The van der Waals surface area contributed by atoms with Crippen molar-refractivity contribution in [2.24, 2.45) is 11.7 Å². The van der Waals surface area contributed by atoms with Crippen molar-refractivity contribution < 1.29 is 9.53 Å². The first-order chi connectivity index (χ1) is 11.2. The molecule has 0 aromatic carbocycles. The number of carbonyl (C=O) groups is 1. The van der Waals surface area contributed by atoms with Gasteiger partial charge in [-0.3, -0.25) is 4.79 Å². The molecule has 3 heterocycles. The van der Waals surface area contributed by atoms with Crippen LogP contribution in [0.1, 0.15) is 18.4 Å². The van der Waals surface area contributed by atoms with E-state index in [9.17, 15) is 4.79 Å². The van der Waals surface area contributed by atoms with Gasteiger partial charge in [0.2, 0.25) is 5.91 Å². The first-order valence-electron chi connectivity index (χ1n) is 7.80. The zero-order valence-electron chi connectivity index (χ0n) is 13.7. The molecule has 0 bridgehead atoms. The molecule has 3 rings (SSSR count). The summed E-state index contributed by atoms with van der Waals surface area (Å²) in [5.41, 5.74) is 7.03. The van der Waals surface area contributed by atoms with Gasteiger partial charge in [0.15, 0.2) is 5.82 Å². The molecule has 1 atom stereocenters. The lowest BCUT2D eigenvalue weighted by molar-refractivity contribution is -0.124. The van der Waals surface area contributed by atoms with E-state index in [1.165, 1.54) is 0 Å². The van der Waals surface area contributed by atoms with Gasteiger partial charge in [-0.15, -0.1) is 24.8 Å². The highest BCUT2D eigenvalue weighted by Crippen LogP contribution is 2.17. The van der Waals surface area contributed by atoms with Crippen molar-refractivity contribution in [1.29, 1.82) is 0 Å². The number of halogens is 2. The molecule has 1 saturated heterocycles. The van der Waals surface area contributed by atoms with Gasteiger partial charge in [0.05, 0.1) is 6.04 Å². The molecule has 0 spiro atoms. The minimum absolute atomic E-state index is 0. The Bertz CT molecular complexity index is 648. The van der Waals surface area contributed by atoms with E-state index in [0.29, 0.717) is 19.8 Å². The number of nitrogens with two attached hydrogens (primary N) is 1. The van der Waals surface area contributed by atoms with Gasteiger partial charge in [-0.2, -0.15) is 5.10 Å². The predicted molar refractivity (Wildman–Crippen MR) is 99.2 cm³/mol. The third-order valence-corrected chi connectivity index (χ3v) is 4.09. The van der Waals surface area contributed by atoms with Crippen LogP contribution in [0.25, 0.3) is 5.82 Å². The number of amides is 1. The Labute approximate surface area is 159 Å². The highest BCUT2D eigenvalue weighted by atomic mass is 35.5. The van der Waals surface area contributed by atoms with E-state index >= 15 is 0 Å². The summed E-state index contributed by atoms with van der Waals surface area (Å²) in [6.07, 6.45) is 6.91. The van der Waals surface area contributed by atoms with Gasteiger partial charge < -0.3 is 15.8 Å². The number of nitrogens with zero attached hydrogens (tertiary/aromatic N) is 3. The zero-order valence-corrected chi connectivity index (χ0v) is 15.3. The molecule has 3 N–H and O–H groups in total. The first-order valence-corrected chi connectivity index (χ1v) is 7.80. The number of nitrogens with one attached hydrogen (secondary N) is 1. The fraction of sp³-hybridized carbons (Fsp3) is 0.438. The lowest BCUT2D eigenvalue weighted by atomic mass is 9.92. The summed E-state index contributed by atoms with van der Waals surface area (Å²) < 4.78 is 6.98. The SMILES string of the molecule is Cl.Cl.NC(C(=O)NCc1ccnc(-n2cccn2)c1)C1CCOCC1. The third-order valence-electron chi connectivity index (χ3n) is 4.09. The van der Waals surface area contributed by atoms with Gasteiger partial charge in [-0.25, -0.2) is 9.67 Å². The lowest BCUT2D eigenvalue weighted by Gasteiger charge is -2.26. The summed E-state index contributed by atoms with van der Waals surface area (Å²) in [6, 6.07) is 5.12. The van der Waals surface area contributed by atoms with Crippen LogP contribution in [-0.2, 0) is 16.1 Å². The van der Waals surface area contributed by atoms with E-state index < -0.39 is 6.04 Å². The van der Waals surface area contributed by atoms with E-state index in [-0.39, 0.29) is 36.6 Å². The maximum atomic E-state index is 12.2. The van der Waals surface area contributed by atoms with Crippen LogP contribution < -0.4 is 11.1 Å². The van der Waals surface area contributed by atoms with Crippen LogP contribution in [0, 0.1) is 5.92 Å². The van der Waals surface area contributed by atoms with Crippen LogP contribution in [0.2, 0.25) is 0 Å². The molecule has 0 radical (unpaired) electrons. The number of rotatable bonds is 5. The van der Waals surface area contributed by atoms with E-state index in [1.54, 1.807) is 17.1 Å². The molecular weight excluding hydrogens is 365 g/mol. The second kappa shape index (κ2) is 10.4. The smallest absolute Gasteiger partial charge is 0.237 e. The summed E-state index contributed by atoms with van der Waals surface area (Å²) >= 11 is 0. The highest BCUT2D eigenvalue weighted by Gasteiger charge is 2.26. The molecular formula is C16H23Cl2N5O2. The van der Waals surface area contributed by atoms with Crippen LogP contribution >= 0.6 is 24.8 Å². The number of aromatic nitrogens is 3. The van der Waals surface area contributed by atoms with Crippen molar-refractivity contribution in [3.8, 4) is 5.82 Å². The van der Waals surface area contributed by atoms with Crippen LogP contribution in [0.4, 0.5) is 0 Å². The van der Waals surface area contributed by atoms with Gasteiger partial charge in [0.25, 0.3) is 0 Å². The number of hydrogen-bond acceptors (Lipinski definition) is 5. The molecule has 138 valence electrons. The molecule has 9 heteroatoms. The molecule has 7 nitrogen and oxygen atoms in total. The van der Waals surface area contributed by atoms with Crippen molar-refractivity contribution in [2.75, 3.05) is 13.2 Å². The van der Waals surface area contributed by atoms with Gasteiger partial charge >= 0.3 is 0 Å². The Morgan fingerprint density at radius 2 is 2.12 bits per heavy atom. The van der Waals surface area contributed by atoms with E-state index in [0.717, 1.165) is 24.2 Å². The lowest BCUT2D eigenvalue weighted by Crippen LogP contribution is -2.46. The summed E-state index contributed by atoms with van der Waals surface area (Å²) in [6.45, 7) is 1.79. The second-order valence-corrected chi connectivity index (χ2v) is 5.67. The van der Waals surface area contributed by atoms with Crippen molar-refractivity contribution in [3.05, 3.63) is 42.4 Å². The number of pyridine rings is 1. The van der Waals surface area contributed by atoms with Crippen molar-refractivity contribution in [2.45, 2.75) is 25.4 Å². The Balaban J connectivity index is 0.00000156. The van der Waals surface area contributed by atoms with Crippen LogP contribution in [0.5, 0.6) is 0 Å². The van der Waals surface area contributed by atoms with Gasteiger partial charge in [0, 0.05) is 38.3 Å². The molecule has 2 aromatic heterocycles. The fourth-order valence-corrected chi connectivity index (χ4v) is 2.70. The molecule has 25 heavy (non-hydrogen) atoms. The maximum Gasteiger partial charge on any atom is 0.237 e. The minimum atomic E-state index is -0.480. The van der Waals surface area contributed by atoms with Crippen molar-refractivity contribution in [3.63, 3.8) is 0 Å². The topological polar surface area (TPSA) is 95.1 Å². The quantitative estimate of drug-likeness (QED) is 0.809. The highest BCUT2D eigenvalue weighted by molar-refractivity contribution is 5.85. The average Bonchev–Trinajstić information content (AvgIpc) is 3.15. The van der Waals surface area contributed by atoms with E-state index in [1.807, 2.05) is 24.4 Å². The monoisotopic (exact) mass is 387 g/mol. The van der Waals surface area contributed by atoms with Gasteiger partial charge in [-0.05, 0) is 42.5 Å². The Morgan fingerprint density at radius 1 is 1.36 bits per heavy atom. The van der Waals surface area contributed by atoms with Crippen molar-refractivity contribution in [1.82, 2.24) is 20.1 Å². The Hall–Kier alpha value is -1.67. The predicted octanol–water partition coefficient (Wildman–Crippen LogP) is 1.48. The number of ether oxygens (including phenoxy) is 1. The molecule has 1 aliphatic heterocycles. The standard InChI is InChI=1S/C16H21N5O2.2ClH/c17-15(13-3-8-23-9-4-13)16(22)19-11-12-2-6-18-14(10-12)21-7-1-5-20-21;;/h1-2,5-7,10,13,15H,3-4,8-9,11,17H2,(H,19,22);2*1H. The van der Waals surface area contributed by atoms with Crippen LogP contribution in [0.15, 0.2) is 36.8 Å². The number of hydrogen-bond donors (Lipinski definition) is 2. The zero-order chi connectivity index (χ0) is 16.1. The third kappa shape index (κ3) is 5.67. The molecule has 1 aliphatic rings.